The van der Waals surface area contributed by atoms with Gasteiger partial charge in [-0.1, -0.05) is 30.7 Å². The SMILES string of the molecule is COc1ccccc1CN(C)C(=O)c1ccc(C)c(S(=O)(=O)N2CCCCC2)c1. The molecule has 0 aromatic heterocycles. The van der Waals surface area contributed by atoms with Crippen LogP contribution in [0.4, 0.5) is 0 Å². The Morgan fingerprint density at radius 3 is 2.48 bits per heavy atom. The number of ether oxygens (including phenoxy) is 1. The van der Waals surface area contributed by atoms with Gasteiger partial charge in [-0.15, -0.1) is 0 Å². The molecular weight excluding hydrogens is 388 g/mol. The second-order valence-electron chi connectivity index (χ2n) is 7.42. The summed E-state index contributed by atoms with van der Waals surface area (Å²) in [5.74, 6) is 0.482. The van der Waals surface area contributed by atoms with E-state index < -0.39 is 10.0 Å². The van der Waals surface area contributed by atoms with Crippen molar-refractivity contribution in [2.75, 3.05) is 27.2 Å². The minimum Gasteiger partial charge on any atom is -0.496 e. The van der Waals surface area contributed by atoms with E-state index in [4.69, 9.17) is 4.74 Å². The lowest BCUT2D eigenvalue weighted by molar-refractivity contribution is 0.0784. The van der Waals surface area contributed by atoms with Gasteiger partial charge in [0.25, 0.3) is 5.91 Å². The van der Waals surface area contributed by atoms with Gasteiger partial charge in [0.1, 0.15) is 5.75 Å². The van der Waals surface area contributed by atoms with Crippen LogP contribution in [0, 0.1) is 6.92 Å². The van der Waals surface area contributed by atoms with Gasteiger partial charge < -0.3 is 9.64 Å². The molecule has 0 radical (unpaired) electrons. The lowest BCUT2D eigenvalue weighted by Crippen LogP contribution is -2.36. The maximum Gasteiger partial charge on any atom is 0.253 e. The van der Waals surface area contributed by atoms with E-state index in [1.54, 1.807) is 38.1 Å². The second kappa shape index (κ2) is 8.97. The van der Waals surface area contributed by atoms with Crippen molar-refractivity contribution in [3.05, 3.63) is 59.2 Å². The summed E-state index contributed by atoms with van der Waals surface area (Å²) >= 11 is 0. The quantitative estimate of drug-likeness (QED) is 0.723. The minimum atomic E-state index is -3.60. The van der Waals surface area contributed by atoms with Crippen molar-refractivity contribution in [3.63, 3.8) is 0 Å². The number of rotatable bonds is 6. The summed E-state index contributed by atoms with van der Waals surface area (Å²) in [6.45, 7) is 3.20. The first-order valence-corrected chi connectivity index (χ1v) is 11.3. The number of hydrogen-bond acceptors (Lipinski definition) is 4. The van der Waals surface area contributed by atoms with Crippen LogP contribution < -0.4 is 4.74 Å². The summed E-state index contributed by atoms with van der Waals surface area (Å²) in [7, 11) is -0.304. The third kappa shape index (κ3) is 4.62. The minimum absolute atomic E-state index is 0.218. The number of para-hydroxylation sites is 1. The van der Waals surface area contributed by atoms with Crippen LogP contribution in [-0.4, -0.2) is 50.8 Å². The molecule has 0 bridgehead atoms. The zero-order valence-electron chi connectivity index (χ0n) is 17.2. The van der Waals surface area contributed by atoms with Crippen molar-refractivity contribution >= 4 is 15.9 Å². The zero-order chi connectivity index (χ0) is 21.0. The van der Waals surface area contributed by atoms with Crippen LogP contribution in [-0.2, 0) is 16.6 Å². The number of carbonyl (C=O) groups excluding carboxylic acids is 1. The Bertz CT molecular complexity index is 982. The van der Waals surface area contributed by atoms with Gasteiger partial charge in [0, 0.05) is 37.8 Å². The molecule has 29 heavy (non-hydrogen) atoms. The first kappa shape index (κ1) is 21.3. The lowest BCUT2D eigenvalue weighted by atomic mass is 10.1. The van der Waals surface area contributed by atoms with E-state index >= 15 is 0 Å². The smallest absolute Gasteiger partial charge is 0.253 e. The number of methoxy groups -OCH3 is 1. The number of nitrogens with zero attached hydrogens (tertiary/aromatic N) is 2. The van der Waals surface area contributed by atoms with Gasteiger partial charge >= 0.3 is 0 Å². The van der Waals surface area contributed by atoms with E-state index in [1.165, 1.54) is 10.4 Å². The lowest BCUT2D eigenvalue weighted by Gasteiger charge is -2.27. The second-order valence-corrected chi connectivity index (χ2v) is 9.32. The Labute approximate surface area is 173 Å². The van der Waals surface area contributed by atoms with Crippen LogP contribution in [0.1, 0.15) is 40.7 Å². The number of aryl methyl sites for hydroxylation is 1. The third-order valence-corrected chi connectivity index (χ3v) is 7.36. The third-order valence-electron chi connectivity index (χ3n) is 5.31. The van der Waals surface area contributed by atoms with E-state index in [0.717, 1.165) is 24.8 Å². The highest BCUT2D eigenvalue weighted by atomic mass is 32.2. The number of benzene rings is 2. The van der Waals surface area contributed by atoms with Crippen molar-refractivity contribution in [2.24, 2.45) is 0 Å². The van der Waals surface area contributed by atoms with E-state index in [1.807, 2.05) is 24.3 Å². The molecule has 1 amide bonds. The molecule has 6 nitrogen and oxygen atoms in total. The predicted octanol–water partition coefficient (Wildman–Crippen LogP) is 3.45. The molecule has 1 heterocycles. The van der Waals surface area contributed by atoms with Crippen LogP contribution in [0.5, 0.6) is 5.75 Å². The van der Waals surface area contributed by atoms with Crippen molar-refractivity contribution in [2.45, 2.75) is 37.6 Å². The summed E-state index contributed by atoms with van der Waals surface area (Å²) in [6.07, 6.45) is 2.80. The zero-order valence-corrected chi connectivity index (χ0v) is 18.0. The van der Waals surface area contributed by atoms with E-state index in [9.17, 15) is 13.2 Å². The van der Waals surface area contributed by atoms with Crippen LogP contribution in [0.3, 0.4) is 0 Å². The molecule has 0 spiro atoms. The maximum absolute atomic E-state index is 13.1. The summed E-state index contributed by atoms with van der Waals surface area (Å²) < 4.78 is 33.1. The highest BCUT2D eigenvalue weighted by molar-refractivity contribution is 7.89. The van der Waals surface area contributed by atoms with E-state index in [0.29, 0.717) is 36.5 Å². The fourth-order valence-electron chi connectivity index (χ4n) is 3.64. The fraction of sp³-hybridized carbons (Fsp3) is 0.409. The topological polar surface area (TPSA) is 66.9 Å². The number of hydrogen-bond donors (Lipinski definition) is 0. The molecule has 1 aliphatic heterocycles. The fourth-order valence-corrected chi connectivity index (χ4v) is 5.40. The van der Waals surface area contributed by atoms with Gasteiger partial charge in [-0.3, -0.25) is 4.79 Å². The molecule has 0 N–H and O–H groups in total. The summed E-state index contributed by atoms with van der Waals surface area (Å²) in [4.78, 5) is 14.8. The normalized spacial score (nSPS) is 15.1. The Hall–Kier alpha value is -2.38. The van der Waals surface area contributed by atoms with Crippen LogP contribution in [0.2, 0.25) is 0 Å². The largest absolute Gasteiger partial charge is 0.496 e. The Kier molecular flexibility index (Phi) is 6.59. The van der Waals surface area contributed by atoms with E-state index in [2.05, 4.69) is 0 Å². The summed E-state index contributed by atoms with van der Waals surface area (Å²) in [5, 5.41) is 0. The van der Waals surface area contributed by atoms with Crippen molar-refractivity contribution in [3.8, 4) is 5.75 Å². The van der Waals surface area contributed by atoms with Crippen LogP contribution in [0.15, 0.2) is 47.4 Å². The molecule has 1 aliphatic rings. The molecule has 0 unspecified atom stereocenters. The van der Waals surface area contributed by atoms with Gasteiger partial charge in [0.2, 0.25) is 10.0 Å². The van der Waals surface area contributed by atoms with Crippen LogP contribution in [0.25, 0.3) is 0 Å². The standard InChI is InChI=1S/C22H28N2O4S/c1-17-11-12-18(15-21(17)29(26,27)24-13-7-4-8-14-24)22(25)23(2)16-19-9-5-6-10-20(19)28-3/h5-6,9-12,15H,4,7-8,13-14,16H2,1-3H3. The highest BCUT2D eigenvalue weighted by Gasteiger charge is 2.28. The predicted molar refractivity (Wildman–Crippen MR) is 113 cm³/mol. The highest BCUT2D eigenvalue weighted by Crippen LogP contribution is 2.25. The molecule has 1 fully saturated rings. The monoisotopic (exact) mass is 416 g/mol. The molecule has 2 aromatic carbocycles. The Balaban J connectivity index is 1.85. The molecule has 3 rings (SSSR count). The summed E-state index contributed by atoms with van der Waals surface area (Å²) in [5.41, 5.74) is 1.90. The first-order chi connectivity index (χ1) is 13.8. The number of piperidine rings is 1. The average Bonchev–Trinajstić information content (AvgIpc) is 2.74. The molecule has 7 heteroatoms. The number of carbonyl (C=O) groups is 1. The van der Waals surface area contributed by atoms with Gasteiger partial charge in [-0.25, -0.2) is 8.42 Å². The van der Waals surface area contributed by atoms with Crippen molar-refractivity contribution in [1.82, 2.24) is 9.21 Å². The maximum atomic E-state index is 13.1. The molecule has 1 saturated heterocycles. The number of sulfonamides is 1. The molecule has 2 aromatic rings. The van der Waals surface area contributed by atoms with Gasteiger partial charge in [0.05, 0.1) is 12.0 Å². The van der Waals surface area contributed by atoms with E-state index in [-0.39, 0.29) is 10.8 Å². The van der Waals surface area contributed by atoms with Crippen LogP contribution >= 0.6 is 0 Å². The van der Waals surface area contributed by atoms with Gasteiger partial charge in [-0.05, 0) is 43.5 Å². The van der Waals surface area contributed by atoms with Gasteiger partial charge in [-0.2, -0.15) is 4.31 Å². The molecular formula is C22H28N2O4S. The van der Waals surface area contributed by atoms with Gasteiger partial charge in [0.15, 0.2) is 0 Å². The Morgan fingerprint density at radius 2 is 1.79 bits per heavy atom. The van der Waals surface area contributed by atoms with Crippen molar-refractivity contribution in [1.29, 1.82) is 0 Å². The average molecular weight is 417 g/mol. The molecule has 0 atom stereocenters. The Morgan fingerprint density at radius 1 is 1.10 bits per heavy atom. The molecule has 156 valence electrons. The first-order valence-electron chi connectivity index (χ1n) is 9.82. The number of amides is 1. The van der Waals surface area contributed by atoms with Crippen molar-refractivity contribution < 1.29 is 17.9 Å². The molecule has 0 aliphatic carbocycles. The summed E-state index contributed by atoms with van der Waals surface area (Å²) in [6, 6.07) is 12.4. The molecule has 0 saturated carbocycles.